The van der Waals surface area contributed by atoms with E-state index in [0.29, 0.717) is 5.56 Å². The molecule has 0 aliphatic rings. The van der Waals surface area contributed by atoms with Gasteiger partial charge >= 0.3 is 6.18 Å². The Morgan fingerprint density at radius 3 is 2.50 bits per heavy atom. The Bertz CT molecular complexity index is 346. The summed E-state index contributed by atoms with van der Waals surface area (Å²) in [7, 11) is 0. The Morgan fingerprint density at radius 2 is 2.06 bits per heavy atom. The van der Waals surface area contributed by atoms with Crippen LogP contribution in [0.2, 0.25) is 0 Å². The van der Waals surface area contributed by atoms with E-state index in [9.17, 15) is 18.3 Å². The number of aliphatic hydroxyl groups excluding tert-OH is 1. The molecule has 0 spiro atoms. The van der Waals surface area contributed by atoms with Crippen molar-refractivity contribution in [2.75, 3.05) is 13.2 Å². The van der Waals surface area contributed by atoms with E-state index in [1.165, 1.54) is 11.3 Å². The first-order chi connectivity index (χ1) is 7.29. The predicted octanol–water partition coefficient (Wildman–Crippen LogP) is 2.98. The van der Waals surface area contributed by atoms with Crippen molar-refractivity contribution in [1.82, 2.24) is 0 Å². The van der Waals surface area contributed by atoms with E-state index >= 15 is 0 Å². The summed E-state index contributed by atoms with van der Waals surface area (Å²) in [6.07, 6.45) is -5.34. The van der Waals surface area contributed by atoms with Gasteiger partial charge in [-0.25, -0.2) is 0 Å². The summed E-state index contributed by atoms with van der Waals surface area (Å²) in [5, 5.41) is 9.63. The summed E-state index contributed by atoms with van der Waals surface area (Å²) >= 11 is 1.50. The molecule has 6 heteroatoms. The second-order valence-corrected chi connectivity index (χ2v) is 4.98. The van der Waals surface area contributed by atoms with Crippen molar-refractivity contribution >= 4 is 11.3 Å². The highest BCUT2D eigenvalue weighted by atomic mass is 32.1. The van der Waals surface area contributed by atoms with Crippen LogP contribution in [0.25, 0.3) is 0 Å². The maximum Gasteiger partial charge on any atom is 0.411 e. The van der Waals surface area contributed by atoms with Gasteiger partial charge in [-0.2, -0.15) is 13.2 Å². The van der Waals surface area contributed by atoms with Crippen molar-refractivity contribution in [3.63, 3.8) is 0 Å². The topological polar surface area (TPSA) is 29.5 Å². The van der Waals surface area contributed by atoms with Crippen molar-refractivity contribution in [1.29, 1.82) is 0 Å². The minimum absolute atomic E-state index is 0.337. The average molecular weight is 254 g/mol. The molecule has 0 aliphatic heterocycles. The van der Waals surface area contributed by atoms with Crippen LogP contribution in [0.15, 0.2) is 6.07 Å². The lowest BCUT2D eigenvalue weighted by atomic mass is 10.1. The molecule has 1 N–H and O–H groups in total. The van der Waals surface area contributed by atoms with Gasteiger partial charge in [0.25, 0.3) is 0 Å². The zero-order valence-electron chi connectivity index (χ0n) is 8.97. The third-order valence-corrected chi connectivity index (χ3v) is 2.96. The number of aryl methyl sites for hydroxylation is 2. The normalized spacial score (nSPS) is 14.1. The van der Waals surface area contributed by atoms with Crippen molar-refractivity contribution in [2.24, 2.45) is 0 Å². The van der Waals surface area contributed by atoms with Gasteiger partial charge in [0, 0.05) is 9.75 Å². The molecule has 1 unspecified atom stereocenters. The minimum atomic E-state index is -4.35. The van der Waals surface area contributed by atoms with Crippen LogP contribution in [0.5, 0.6) is 0 Å². The van der Waals surface area contributed by atoms with Crippen molar-refractivity contribution < 1.29 is 23.0 Å². The molecule has 1 atom stereocenters. The first kappa shape index (κ1) is 13.5. The fourth-order valence-corrected chi connectivity index (χ4v) is 2.34. The lowest BCUT2D eigenvalue weighted by Crippen LogP contribution is -2.19. The van der Waals surface area contributed by atoms with Crippen molar-refractivity contribution in [3.8, 4) is 0 Å². The van der Waals surface area contributed by atoms with Crippen LogP contribution >= 0.6 is 11.3 Å². The molecule has 16 heavy (non-hydrogen) atoms. The second-order valence-electron chi connectivity index (χ2n) is 3.51. The van der Waals surface area contributed by atoms with Crippen LogP contribution in [0, 0.1) is 13.8 Å². The lowest BCUT2D eigenvalue weighted by molar-refractivity contribution is -0.179. The third kappa shape index (κ3) is 4.11. The number of alkyl halides is 3. The van der Waals surface area contributed by atoms with Crippen LogP contribution in [0.4, 0.5) is 13.2 Å². The zero-order valence-corrected chi connectivity index (χ0v) is 9.78. The van der Waals surface area contributed by atoms with Crippen LogP contribution in [0.1, 0.15) is 21.4 Å². The number of hydrogen-bond acceptors (Lipinski definition) is 3. The summed E-state index contributed by atoms with van der Waals surface area (Å²) in [6.45, 7) is 2.03. The molecule has 1 aromatic rings. The highest BCUT2D eigenvalue weighted by Gasteiger charge is 2.28. The number of aliphatic hydroxyl groups is 1. The molecule has 1 heterocycles. The monoisotopic (exact) mass is 254 g/mol. The van der Waals surface area contributed by atoms with Gasteiger partial charge in [0.2, 0.25) is 0 Å². The van der Waals surface area contributed by atoms with Crippen molar-refractivity contribution in [2.45, 2.75) is 26.1 Å². The van der Waals surface area contributed by atoms with E-state index in [1.54, 1.807) is 6.07 Å². The predicted molar refractivity (Wildman–Crippen MR) is 55.6 cm³/mol. The first-order valence-electron chi connectivity index (χ1n) is 4.69. The van der Waals surface area contributed by atoms with Gasteiger partial charge in [0.1, 0.15) is 12.7 Å². The quantitative estimate of drug-likeness (QED) is 0.895. The Hall–Kier alpha value is -0.590. The highest BCUT2D eigenvalue weighted by molar-refractivity contribution is 7.12. The Morgan fingerprint density at radius 1 is 1.44 bits per heavy atom. The Labute approximate surface area is 95.7 Å². The molecule has 0 amide bonds. The van der Waals surface area contributed by atoms with Crippen LogP contribution < -0.4 is 0 Å². The van der Waals surface area contributed by atoms with Crippen LogP contribution in [-0.2, 0) is 4.74 Å². The van der Waals surface area contributed by atoms with E-state index < -0.39 is 18.9 Å². The van der Waals surface area contributed by atoms with Gasteiger partial charge in [0.05, 0.1) is 6.61 Å². The van der Waals surface area contributed by atoms with Gasteiger partial charge in [0.15, 0.2) is 0 Å². The number of ether oxygens (including phenoxy) is 1. The first-order valence-corrected chi connectivity index (χ1v) is 5.51. The van der Waals surface area contributed by atoms with E-state index in [4.69, 9.17) is 0 Å². The maximum absolute atomic E-state index is 11.8. The summed E-state index contributed by atoms with van der Waals surface area (Å²) in [6, 6.07) is 1.77. The molecule has 0 aliphatic carbocycles. The van der Waals surface area contributed by atoms with Gasteiger partial charge in [-0.15, -0.1) is 11.3 Å². The molecule has 0 saturated carbocycles. The Balaban J connectivity index is 2.47. The van der Waals surface area contributed by atoms with Gasteiger partial charge in [-0.1, -0.05) is 0 Å². The number of hydrogen-bond donors (Lipinski definition) is 1. The molecule has 0 bridgehead atoms. The molecular formula is C10H13F3O2S. The Kier molecular flexibility index (Phi) is 4.35. The minimum Gasteiger partial charge on any atom is -0.386 e. The van der Waals surface area contributed by atoms with E-state index in [0.717, 1.165) is 9.75 Å². The fourth-order valence-electron chi connectivity index (χ4n) is 1.36. The van der Waals surface area contributed by atoms with E-state index in [1.807, 2.05) is 13.8 Å². The molecule has 0 saturated heterocycles. The van der Waals surface area contributed by atoms with E-state index in [-0.39, 0.29) is 6.61 Å². The van der Waals surface area contributed by atoms with Gasteiger partial charge < -0.3 is 9.84 Å². The standard InChI is InChI=1S/C10H13F3O2S/c1-6-3-8(7(2)16-6)9(14)4-15-5-10(11,12)13/h3,9,14H,4-5H2,1-2H3. The van der Waals surface area contributed by atoms with Gasteiger partial charge in [-0.3, -0.25) is 0 Å². The maximum atomic E-state index is 11.8. The average Bonchev–Trinajstić information content (AvgIpc) is 2.43. The largest absolute Gasteiger partial charge is 0.411 e. The molecule has 92 valence electrons. The smallest absolute Gasteiger partial charge is 0.386 e. The van der Waals surface area contributed by atoms with Crippen LogP contribution in [0.3, 0.4) is 0 Å². The molecule has 0 aromatic carbocycles. The zero-order chi connectivity index (χ0) is 12.3. The second kappa shape index (κ2) is 5.16. The summed E-state index contributed by atoms with van der Waals surface area (Å²) in [5.41, 5.74) is 0.643. The SMILES string of the molecule is Cc1cc(C(O)COCC(F)(F)F)c(C)s1. The van der Waals surface area contributed by atoms with E-state index in [2.05, 4.69) is 4.74 Å². The summed E-state index contributed by atoms with van der Waals surface area (Å²) in [4.78, 5) is 1.92. The lowest BCUT2D eigenvalue weighted by Gasteiger charge is -2.12. The van der Waals surface area contributed by atoms with Gasteiger partial charge in [-0.05, 0) is 25.5 Å². The number of halogens is 3. The molecule has 1 aromatic heterocycles. The fraction of sp³-hybridized carbons (Fsp3) is 0.600. The molecule has 0 radical (unpaired) electrons. The third-order valence-electron chi connectivity index (χ3n) is 1.98. The molecule has 0 fully saturated rings. The molecule has 1 rings (SSSR count). The molecule has 2 nitrogen and oxygen atoms in total. The number of thiophene rings is 1. The molecular weight excluding hydrogens is 241 g/mol. The van der Waals surface area contributed by atoms with Crippen LogP contribution in [-0.4, -0.2) is 24.5 Å². The number of rotatable bonds is 4. The van der Waals surface area contributed by atoms with Crippen molar-refractivity contribution in [3.05, 3.63) is 21.4 Å². The highest BCUT2D eigenvalue weighted by Crippen LogP contribution is 2.26. The summed E-state index contributed by atoms with van der Waals surface area (Å²) < 4.78 is 39.8. The summed E-state index contributed by atoms with van der Waals surface area (Å²) in [5.74, 6) is 0.